The molecule has 3 aromatic carbocycles. The van der Waals surface area contributed by atoms with Crippen molar-refractivity contribution in [1.82, 2.24) is 20.5 Å². The van der Waals surface area contributed by atoms with Crippen molar-refractivity contribution >= 4 is 69.6 Å². The largest absolute Gasteiger partial charge is 0.493 e. The minimum absolute atomic E-state index is 0.0268. The highest BCUT2D eigenvalue weighted by atomic mass is 32.1. The lowest BCUT2D eigenvalue weighted by Crippen LogP contribution is -2.58. The number of aliphatic hydroxyl groups excluding tert-OH is 1. The van der Waals surface area contributed by atoms with Crippen molar-refractivity contribution in [2.45, 2.75) is 129 Å². The molecule has 0 aliphatic carbocycles. The number of nitrogens with one attached hydrogen (secondary N) is 2. The number of hydrogen-bond donors (Lipinski definition) is 3. The van der Waals surface area contributed by atoms with Crippen LogP contribution in [-0.4, -0.2) is 119 Å². The van der Waals surface area contributed by atoms with E-state index >= 15 is 0 Å². The zero-order valence-corrected chi connectivity index (χ0v) is 46.8. The van der Waals surface area contributed by atoms with Crippen LogP contribution in [0.5, 0.6) is 5.75 Å². The minimum atomic E-state index is -4.84. The SMILES string of the molecule is C#CCCC(=O)OC(CCOCCCOCC(=O)N[C@H](C(=O)N1C[C@H](O)CC1C(=O)N[C@@H](C)c1ccc(-c2scnc2C)cc1)C(C)(C)C)CCOc1ccc(N2C(=S)N(c3ccc(C#N)c(C(F)(F)F)c3)C(=O)C2(C)C)cc1. The number of carbonyl (C=O) groups is 5. The molecule has 6 rings (SSSR count). The molecular weight excluding hydrogens is 1060 g/mol. The van der Waals surface area contributed by atoms with Crippen molar-refractivity contribution in [2.75, 3.05) is 49.4 Å². The average molecular weight is 1130 g/mol. The van der Waals surface area contributed by atoms with Crippen LogP contribution in [0.15, 0.2) is 72.2 Å². The van der Waals surface area contributed by atoms with Crippen molar-refractivity contribution in [3.05, 3.63) is 94.6 Å². The molecule has 0 saturated carbocycles. The molecular formula is C57H66F3N7O10S2. The van der Waals surface area contributed by atoms with Gasteiger partial charge in [0.25, 0.3) is 5.91 Å². The fraction of sp³-hybridized carbons (Fsp3) is 0.474. The number of benzene rings is 3. The third kappa shape index (κ3) is 15.7. The van der Waals surface area contributed by atoms with Gasteiger partial charge in [0.15, 0.2) is 5.11 Å². The Labute approximate surface area is 467 Å². The summed E-state index contributed by atoms with van der Waals surface area (Å²) in [5, 5.41) is 25.6. The first kappa shape index (κ1) is 61.3. The summed E-state index contributed by atoms with van der Waals surface area (Å²) in [7, 11) is 0. The van der Waals surface area contributed by atoms with Crippen LogP contribution in [0.1, 0.15) is 108 Å². The molecule has 2 fully saturated rings. The quantitative estimate of drug-likeness (QED) is 0.0261. The number of thiazole rings is 1. The number of nitrogens with zero attached hydrogens (tertiary/aromatic N) is 5. The van der Waals surface area contributed by atoms with E-state index in [1.165, 1.54) is 21.9 Å². The van der Waals surface area contributed by atoms with E-state index in [2.05, 4.69) is 21.5 Å². The van der Waals surface area contributed by atoms with Gasteiger partial charge in [-0.15, -0.1) is 23.7 Å². The summed E-state index contributed by atoms with van der Waals surface area (Å²) in [5.41, 5.74) is 1.14. The summed E-state index contributed by atoms with van der Waals surface area (Å²) in [4.78, 5) is 76.5. The highest BCUT2D eigenvalue weighted by Crippen LogP contribution is 2.40. The lowest BCUT2D eigenvalue weighted by atomic mass is 9.85. The number of thiocarbonyl (C=S) groups is 1. The Morgan fingerprint density at radius 2 is 1.65 bits per heavy atom. The standard InChI is InChI=1S/C57H66F3N7O10S2/c1-9-10-12-48(70)77-44(24-28-76-43-21-19-40(20-22-43)67-54(78)66(53(73)56(67,7)8)41-18-17-39(31-61)45(29-41)57(58,59)60)23-27-74-25-11-26-75-33-47(69)64-50(55(4,5)6)52(72)65-32-42(68)30-46(65)51(71)63-35(2)37-13-15-38(16-14-37)49-36(3)62-34-79-49/h1,13-22,29,34-35,42,44,46,50,68H,10-12,23-28,30,32-33H2,2-8H3,(H,63,71)(H,64,69)/t35-,42+,44?,46?,50+/m0/s1. The normalized spacial score (nSPS) is 17.4. The van der Waals surface area contributed by atoms with Crippen LogP contribution in [0.25, 0.3) is 10.4 Å². The summed E-state index contributed by atoms with van der Waals surface area (Å²) in [6, 6.07) is 16.6. The van der Waals surface area contributed by atoms with E-state index in [-0.39, 0.29) is 76.1 Å². The highest BCUT2D eigenvalue weighted by Gasteiger charge is 2.51. The second-order valence-corrected chi connectivity index (χ2v) is 22.0. The molecule has 3 heterocycles. The first-order chi connectivity index (χ1) is 37.3. The second-order valence-electron chi connectivity index (χ2n) is 20.8. The number of anilines is 2. The molecule has 0 spiro atoms. The first-order valence-corrected chi connectivity index (χ1v) is 27.0. The van der Waals surface area contributed by atoms with Crippen molar-refractivity contribution in [1.29, 1.82) is 5.26 Å². The number of terminal acetylenes is 1. The predicted molar refractivity (Wildman–Crippen MR) is 295 cm³/mol. The molecule has 4 amide bonds. The fourth-order valence-electron chi connectivity index (χ4n) is 9.10. The number of β-amino-alcohol motifs (C(OH)–C–C–N with tert-alkyl or cyclic N) is 1. The van der Waals surface area contributed by atoms with Gasteiger partial charge in [-0.1, -0.05) is 45.0 Å². The summed E-state index contributed by atoms with van der Waals surface area (Å²) in [6.45, 7) is 12.7. The predicted octanol–water partition coefficient (Wildman–Crippen LogP) is 8.20. The van der Waals surface area contributed by atoms with Gasteiger partial charge >= 0.3 is 12.1 Å². The molecule has 5 atom stereocenters. The van der Waals surface area contributed by atoms with Gasteiger partial charge in [-0.2, -0.15) is 18.4 Å². The van der Waals surface area contributed by atoms with Crippen LogP contribution in [0.3, 0.4) is 0 Å². The molecule has 0 bridgehead atoms. The number of alkyl halides is 3. The van der Waals surface area contributed by atoms with Crippen LogP contribution < -0.4 is 25.2 Å². The molecule has 2 aliphatic heterocycles. The number of carbonyl (C=O) groups excluding carboxylic acids is 5. The third-order valence-corrected chi connectivity index (χ3v) is 14.7. The number of aliphatic hydroxyl groups is 1. The number of ether oxygens (including phenoxy) is 4. The first-order valence-electron chi connectivity index (χ1n) is 25.8. The van der Waals surface area contributed by atoms with Crippen molar-refractivity contribution < 1.29 is 61.2 Å². The van der Waals surface area contributed by atoms with Gasteiger partial charge in [0.1, 0.15) is 36.1 Å². The van der Waals surface area contributed by atoms with Crippen molar-refractivity contribution in [3.8, 4) is 34.6 Å². The smallest absolute Gasteiger partial charge is 0.417 e. The monoisotopic (exact) mass is 1130 g/mol. The zero-order chi connectivity index (χ0) is 57.8. The summed E-state index contributed by atoms with van der Waals surface area (Å²) in [5.74, 6) is 0.366. The maximum absolute atomic E-state index is 14.1. The van der Waals surface area contributed by atoms with Gasteiger partial charge in [-0.05, 0) is 105 Å². The van der Waals surface area contributed by atoms with Crippen LogP contribution in [-0.2, 0) is 44.4 Å². The molecule has 2 unspecified atom stereocenters. The molecule has 2 saturated heterocycles. The van der Waals surface area contributed by atoms with Crippen LogP contribution in [0.2, 0.25) is 0 Å². The number of halogens is 3. The van der Waals surface area contributed by atoms with Crippen LogP contribution in [0.4, 0.5) is 24.5 Å². The summed E-state index contributed by atoms with van der Waals surface area (Å²) < 4.78 is 64.5. The maximum Gasteiger partial charge on any atom is 0.417 e. The van der Waals surface area contributed by atoms with E-state index in [9.17, 15) is 47.5 Å². The Kier molecular flexibility index (Phi) is 20.8. The van der Waals surface area contributed by atoms with E-state index in [0.29, 0.717) is 24.3 Å². The second kappa shape index (κ2) is 26.8. The molecule has 4 aromatic rings. The molecule has 2 aliphatic rings. The molecule has 0 radical (unpaired) electrons. The van der Waals surface area contributed by atoms with Crippen LogP contribution >= 0.6 is 23.6 Å². The maximum atomic E-state index is 14.1. The van der Waals surface area contributed by atoms with Gasteiger partial charge in [0.2, 0.25) is 17.7 Å². The van der Waals surface area contributed by atoms with Crippen molar-refractivity contribution in [2.24, 2.45) is 5.41 Å². The Morgan fingerprint density at radius 3 is 2.28 bits per heavy atom. The number of likely N-dealkylation sites (tertiary alicyclic amines) is 1. The number of aryl methyl sites for hydroxylation is 1. The van der Waals surface area contributed by atoms with Gasteiger partial charge in [-0.3, -0.25) is 28.9 Å². The highest BCUT2D eigenvalue weighted by molar-refractivity contribution is 7.81. The van der Waals surface area contributed by atoms with Gasteiger partial charge < -0.3 is 44.5 Å². The van der Waals surface area contributed by atoms with Crippen molar-refractivity contribution in [3.63, 3.8) is 0 Å². The molecule has 422 valence electrons. The molecule has 1 aromatic heterocycles. The van der Waals surface area contributed by atoms with E-state index < -0.39 is 88.2 Å². The lowest BCUT2D eigenvalue weighted by molar-refractivity contribution is -0.150. The minimum Gasteiger partial charge on any atom is -0.493 e. The topological polar surface area (TPSA) is 213 Å². The molecule has 3 N–H and O–H groups in total. The number of esters is 1. The van der Waals surface area contributed by atoms with Gasteiger partial charge in [-0.25, -0.2) is 4.98 Å². The van der Waals surface area contributed by atoms with E-state index in [0.717, 1.165) is 38.7 Å². The number of hydrogen-bond acceptors (Lipinski definition) is 14. The average Bonchev–Trinajstić information content (AvgIpc) is 4.18. The number of amides is 4. The van der Waals surface area contributed by atoms with E-state index in [1.807, 2.05) is 38.1 Å². The Bertz CT molecular complexity index is 2910. The molecule has 79 heavy (non-hydrogen) atoms. The summed E-state index contributed by atoms with van der Waals surface area (Å²) in [6.07, 6.45) is 0.288. The van der Waals surface area contributed by atoms with E-state index in [1.54, 1.807) is 75.7 Å². The Morgan fingerprint density at radius 1 is 0.975 bits per heavy atom. The molecule has 17 nitrogen and oxygen atoms in total. The lowest BCUT2D eigenvalue weighted by Gasteiger charge is -2.35. The number of aromatic nitrogens is 1. The molecule has 22 heteroatoms. The zero-order valence-electron chi connectivity index (χ0n) is 45.2. The van der Waals surface area contributed by atoms with Gasteiger partial charge in [0.05, 0.1) is 70.7 Å². The number of nitriles is 1. The van der Waals surface area contributed by atoms with Crippen LogP contribution in [0, 0.1) is 36.0 Å². The Balaban J connectivity index is 0.936. The van der Waals surface area contributed by atoms with E-state index in [4.69, 9.17) is 37.6 Å². The fourth-order valence-corrected chi connectivity index (χ4v) is 10.4. The summed E-state index contributed by atoms with van der Waals surface area (Å²) >= 11 is 7.20. The number of rotatable bonds is 24. The van der Waals surface area contributed by atoms with Gasteiger partial charge in [0, 0.05) is 51.1 Å². The Hall–Kier alpha value is -6.95. The third-order valence-electron chi connectivity index (χ3n) is 13.4.